The van der Waals surface area contributed by atoms with Crippen LogP contribution in [0.4, 0.5) is 8.78 Å². The monoisotopic (exact) mass is 643 g/mol. The molecule has 45 heavy (non-hydrogen) atoms. The molecule has 1 aromatic carbocycles. The van der Waals surface area contributed by atoms with Crippen LogP contribution in [0.3, 0.4) is 0 Å². The Bertz CT molecular complexity index is 1670. The standard InChI is InChI=1S/C31H31F2N3O8S/c1-17(13-25(38)41-2)31(40)44-16-43-29-22(37)9-10-35-28(29)30(39)34-11-12-42-14-24(34)36(35)27-18-7-8-21(32)26(33)20(18)15-45-23-6-4-3-5-19(23)27/h3,5,7-10,17,24,27H,4,6,11-16H2,1-2H3/t17-,24-,27+/m1/s1. The van der Waals surface area contributed by atoms with Gasteiger partial charge >= 0.3 is 11.9 Å². The Kier molecular flexibility index (Phi) is 8.69. The normalized spacial score (nSPS) is 21.2. The number of allylic oxidation sites excluding steroid dienone is 2. The molecule has 3 aliphatic heterocycles. The van der Waals surface area contributed by atoms with Gasteiger partial charge < -0.3 is 23.8 Å². The number of pyridine rings is 1. The third-order valence-corrected chi connectivity index (χ3v) is 9.52. The Morgan fingerprint density at radius 1 is 1.20 bits per heavy atom. The van der Waals surface area contributed by atoms with Crippen molar-refractivity contribution in [3.05, 3.63) is 85.7 Å². The molecular weight excluding hydrogens is 612 g/mol. The van der Waals surface area contributed by atoms with Crippen LogP contribution in [0, 0.1) is 17.6 Å². The van der Waals surface area contributed by atoms with E-state index >= 15 is 4.39 Å². The Morgan fingerprint density at radius 2 is 2.02 bits per heavy atom. The molecule has 1 saturated heterocycles. The van der Waals surface area contributed by atoms with Crippen LogP contribution in [0.5, 0.6) is 5.75 Å². The zero-order valence-corrected chi connectivity index (χ0v) is 25.4. The first-order chi connectivity index (χ1) is 21.7. The summed E-state index contributed by atoms with van der Waals surface area (Å²) in [6.07, 6.45) is 6.09. The fraction of sp³-hybridized carbons (Fsp3) is 0.419. The fourth-order valence-corrected chi connectivity index (χ4v) is 7.27. The second kappa shape index (κ2) is 12.7. The van der Waals surface area contributed by atoms with Crippen LogP contribution in [0.2, 0.25) is 0 Å². The number of aromatic nitrogens is 1. The predicted octanol–water partition coefficient (Wildman–Crippen LogP) is 3.55. The van der Waals surface area contributed by atoms with E-state index in [1.54, 1.807) is 11.0 Å². The summed E-state index contributed by atoms with van der Waals surface area (Å²) in [6.45, 7) is 1.37. The number of ether oxygens (including phenoxy) is 4. The maximum absolute atomic E-state index is 15.4. The van der Waals surface area contributed by atoms with E-state index < -0.39 is 59.8 Å². The highest BCUT2D eigenvalue weighted by Gasteiger charge is 2.46. The zero-order valence-electron chi connectivity index (χ0n) is 24.6. The lowest BCUT2D eigenvalue weighted by Crippen LogP contribution is -2.66. The van der Waals surface area contributed by atoms with Crippen LogP contribution in [0.25, 0.3) is 0 Å². The van der Waals surface area contributed by atoms with Gasteiger partial charge in [0.25, 0.3) is 5.91 Å². The molecule has 3 atom stereocenters. The van der Waals surface area contributed by atoms with Gasteiger partial charge in [-0.05, 0) is 34.9 Å². The molecule has 6 rings (SSSR count). The third kappa shape index (κ3) is 5.61. The number of amides is 1. The van der Waals surface area contributed by atoms with E-state index in [-0.39, 0.29) is 48.9 Å². The van der Waals surface area contributed by atoms with Gasteiger partial charge in [-0.2, -0.15) is 0 Å². The molecule has 1 fully saturated rings. The van der Waals surface area contributed by atoms with Crippen LogP contribution in [-0.2, 0) is 29.6 Å². The molecule has 14 heteroatoms. The number of thioether (sulfide) groups is 1. The van der Waals surface area contributed by atoms with E-state index in [0.29, 0.717) is 12.0 Å². The van der Waals surface area contributed by atoms with Gasteiger partial charge in [0, 0.05) is 30.1 Å². The van der Waals surface area contributed by atoms with Crippen molar-refractivity contribution in [2.45, 2.75) is 44.1 Å². The Labute approximate surface area is 261 Å². The average molecular weight is 644 g/mol. The van der Waals surface area contributed by atoms with E-state index in [2.05, 4.69) is 4.74 Å². The van der Waals surface area contributed by atoms with Gasteiger partial charge in [-0.25, -0.2) is 8.78 Å². The lowest BCUT2D eigenvalue weighted by atomic mass is 9.90. The molecule has 1 amide bonds. The number of carbonyl (C=O) groups is 3. The van der Waals surface area contributed by atoms with E-state index in [1.165, 1.54) is 42.7 Å². The van der Waals surface area contributed by atoms with Crippen LogP contribution in [-0.4, -0.2) is 67.2 Å². The minimum Gasteiger partial charge on any atom is -0.469 e. The van der Waals surface area contributed by atoms with E-state index in [1.807, 2.05) is 17.2 Å². The van der Waals surface area contributed by atoms with Crippen molar-refractivity contribution in [1.29, 1.82) is 0 Å². The molecule has 0 saturated carbocycles. The van der Waals surface area contributed by atoms with Gasteiger partial charge in [0.05, 0.1) is 38.7 Å². The molecule has 0 radical (unpaired) electrons. The summed E-state index contributed by atoms with van der Waals surface area (Å²) >= 11 is 1.46. The highest BCUT2D eigenvalue weighted by Crippen LogP contribution is 2.47. The first-order valence-electron chi connectivity index (χ1n) is 14.5. The Hall–Kier alpha value is -4.17. The van der Waals surface area contributed by atoms with Crippen LogP contribution in [0.15, 0.2) is 51.8 Å². The summed E-state index contributed by atoms with van der Waals surface area (Å²) < 4.78 is 52.7. The summed E-state index contributed by atoms with van der Waals surface area (Å²) in [5.74, 6) is -4.66. The largest absolute Gasteiger partial charge is 0.469 e. The van der Waals surface area contributed by atoms with Crippen molar-refractivity contribution < 1.29 is 42.1 Å². The summed E-state index contributed by atoms with van der Waals surface area (Å²) in [5, 5.41) is 1.85. The minimum absolute atomic E-state index is 0.109. The van der Waals surface area contributed by atoms with E-state index in [9.17, 15) is 23.6 Å². The molecule has 2 aromatic rings. The predicted molar refractivity (Wildman–Crippen MR) is 158 cm³/mol. The first kappa shape index (κ1) is 30.8. The number of rotatable bonds is 7. The number of halogens is 2. The molecule has 4 heterocycles. The number of benzene rings is 1. The number of nitrogens with zero attached hydrogens (tertiary/aromatic N) is 3. The van der Waals surface area contributed by atoms with Gasteiger partial charge in [0.1, 0.15) is 6.17 Å². The van der Waals surface area contributed by atoms with Gasteiger partial charge in [0.2, 0.25) is 18.0 Å². The third-order valence-electron chi connectivity index (χ3n) is 8.30. The highest BCUT2D eigenvalue weighted by molar-refractivity contribution is 8.02. The lowest BCUT2D eigenvalue weighted by Gasteiger charge is -2.51. The summed E-state index contributed by atoms with van der Waals surface area (Å²) in [4.78, 5) is 53.8. The number of fused-ring (bicyclic) bond motifs is 3. The second-order valence-electron chi connectivity index (χ2n) is 11.0. The van der Waals surface area contributed by atoms with Crippen LogP contribution in [0.1, 0.15) is 53.8 Å². The van der Waals surface area contributed by atoms with Crippen LogP contribution >= 0.6 is 11.8 Å². The number of methoxy groups -OCH3 is 1. The van der Waals surface area contributed by atoms with Crippen molar-refractivity contribution in [3.8, 4) is 5.75 Å². The lowest BCUT2D eigenvalue weighted by molar-refractivity contribution is -0.158. The minimum atomic E-state index is -0.949. The van der Waals surface area contributed by atoms with Crippen molar-refractivity contribution >= 4 is 29.6 Å². The molecule has 238 valence electrons. The number of esters is 2. The van der Waals surface area contributed by atoms with Gasteiger partial charge in [-0.1, -0.05) is 25.1 Å². The Balaban J connectivity index is 1.44. The molecule has 11 nitrogen and oxygen atoms in total. The molecule has 0 unspecified atom stereocenters. The SMILES string of the molecule is COC(=O)C[C@@H](C)C(=O)OCOc1c2n(ccc1=O)N([C@@H]1C3=C(CCC=C3)SCc3c1ccc(F)c3F)[C@@H]1COCCN1C2=O. The Morgan fingerprint density at radius 3 is 2.82 bits per heavy atom. The summed E-state index contributed by atoms with van der Waals surface area (Å²) in [7, 11) is 1.21. The van der Waals surface area contributed by atoms with Crippen molar-refractivity contribution in [3.63, 3.8) is 0 Å². The van der Waals surface area contributed by atoms with Crippen molar-refractivity contribution in [2.24, 2.45) is 5.92 Å². The number of carbonyl (C=O) groups excluding carboxylic acids is 3. The molecule has 4 aliphatic rings. The highest BCUT2D eigenvalue weighted by atomic mass is 32.2. The summed E-state index contributed by atoms with van der Waals surface area (Å²) in [5.41, 5.74) is 0.889. The van der Waals surface area contributed by atoms with Crippen molar-refractivity contribution in [1.82, 2.24) is 9.58 Å². The zero-order chi connectivity index (χ0) is 31.8. The maximum Gasteiger partial charge on any atom is 0.312 e. The van der Waals surface area contributed by atoms with Crippen LogP contribution < -0.4 is 15.2 Å². The number of morpholine rings is 1. The molecule has 0 spiro atoms. The van der Waals surface area contributed by atoms with E-state index in [4.69, 9.17) is 14.2 Å². The van der Waals surface area contributed by atoms with Gasteiger partial charge in [-0.15, -0.1) is 11.8 Å². The molecule has 0 N–H and O–H groups in total. The topological polar surface area (TPSA) is 117 Å². The quantitative estimate of drug-likeness (QED) is 0.328. The van der Waals surface area contributed by atoms with Gasteiger partial charge in [0.15, 0.2) is 17.3 Å². The molecular formula is C31H31F2N3O8S. The van der Waals surface area contributed by atoms with E-state index in [0.717, 1.165) is 23.0 Å². The fourth-order valence-electron chi connectivity index (χ4n) is 6.05. The smallest absolute Gasteiger partial charge is 0.312 e. The molecule has 1 aliphatic carbocycles. The average Bonchev–Trinajstić information content (AvgIpc) is 3.21. The maximum atomic E-state index is 15.4. The summed E-state index contributed by atoms with van der Waals surface area (Å²) in [6, 6.07) is 3.20. The molecule has 0 bridgehead atoms. The second-order valence-corrected chi connectivity index (χ2v) is 12.1. The first-order valence-corrected chi connectivity index (χ1v) is 15.5. The number of hydrogen-bond acceptors (Lipinski definition) is 10. The van der Waals surface area contributed by atoms with Crippen molar-refractivity contribution in [2.75, 3.05) is 38.7 Å². The molecule has 1 aromatic heterocycles. The number of hydrogen-bond donors (Lipinski definition) is 0. The van der Waals surface area contributed by atoms with Gasteiger partial charge in [-0.3, -0.25) is 28.9 Å².